The van der Waals surface area contributed by atoms with Crippen molar-refractivity contribution < 1.29 is 23.7 Å². The summed E-state index contributed by atoms with van der Waals surface area (Å²) in [7, 11) is 0. The van der Waals surface area contributed by atoms with Gasteiger partial charge in [-0.1, -0.05) is 42.5 Å². The molecular formula is C26H36N2O5. The summed E-state index contributed by atoms with van der Waals surface area (Å²) in [4.78, 5) is 27.6. The lowest BCUT2D eigenvalue weighted by Gasteiger charge is -2.48. The SMILES string of the molecule is C[C@H](c1cccc2ccccc12)[N+]([O-])(C(=O)OC(C)(C)C)[C@@H]1CCN(C(=O)OC(C)(C)C)C1. The molecule has 1 fully saturated rings. The molecule has 0 N–H and O–H groups in total. The van der Waals surface area contributed by atoms with Crippen LogP contribution in [0.5, 0.6) is 0 Å². The number of likely N-dealkylation sites (tertiary alicyclic amines) is 1. The molecule has 7 nitrogen and oxygen atoms in total. The number of ether oxygens (including phenoxy) is 2. The van der Waals surface area contributed by atoms with E-state index in [-0.39, 0.29) is 6.54 Å². The Hall–Kier alpha value is -2.64. The molecular weight excluding hydrogens is 420 g/mol. The first-order valence-electron chi connectivity index (χ1n) is 11.5. The van der Waals surface area contributed by atoms with E-state index < -0.39 is 40.1 Å². The number of nitrogens with zero attached hydrogens (tertiary/aromatic N) is 2. The normalized spacial score (nSPS) is 19.8. The lowest BCUT2D eigenvalue weighted by Crippen LogP contribution is -2.58. The van der Waals surface area contributed by atoms with Crippen LogP contribution in [0, 0.1) is 5.21 Å². The highest BCUT2D eigenvalue weighted by Crippen LogP contribution is 2.39. The van der Waals surface area contributed by atoms with Crippen molar-refractivity contribution in [1.82, 2.24) is 4.90 Å². The number of fused-ring (bicyclic) bond motifs is 1. The van der Waals surface area contributed by atoms with Gasteiger partial charge in [0.25, 0.3) is 0 Å². The predicted molar refractivity (Wildman–Crippen MR) is 128 cm³/mol. The molecule has 0 aliphatic carbocycles. The maximum atomic E-state index is 14.6. The number of hydrogen-bond acceptors (Lipinski definition) is 5. The fourth-order valence-electron chi connectivity index (χ4n) is 4.33. The Bertz CT molecular complexity index is 1020. The third kappa shape index (κ3) is 5.47. The quantitative estimate of drug-likeness (QED) is 0.408. The number of quaternary nitrogens is 1. The minimum atomic E-state index is -1.19. The molecule has 1 heterocycles. The summed E-state index contributed by atoms with van der Waals surface area (Å²) >= 11 is 0. The molecule has 2 aromatic carbocycles. The van der Waals surface area contributed by atoms with E-state index in [1.807, 2.05) is 42.5 Å². The monoisotopic (exact) mass is 456 g/mol. The fraction of sp³-hybridized carbons (Fsp3) is 0.538. The summed E-state index contributed by atoms with van der Waals surface area (Å²) in [5, 5.41) is 16.5. The van der Waals surface area contributed by atoms with Gasteiger partial charge in [-0.25, -0.2) is 9.44 Å². The van der Waals surface area contributed by atoms with E-state index in [0.29, 0.717) is 13.0 Å². The minimum absolute atomic E-state index is 0.132. The summed E-state index contributed by atoms with van der Waals surface area (Å²) in [6.07, 6.45) is -0.922. The van der Waals surface area contributed by atoms with Crippen LogP contribution in [-0.4, -0.2) is 52.1 Å². The number of hydrogen-bond donors (Lipinski definition) is 0. The van der Waals surface area contributed by atoms with Gasteiger partial charge >= 0.3 is 12.2 Å². The number of amides is 2. The molecule has 2 aromatic rings. The summed E-state index contributed by atoms with van der Waals surface area (Å²) in [6.45, 7) is 12.9. The molecule has 0 bridgehead atoms. The van der Waals surface area contributed by atoms with Crippen LogP contribution in [0.4, 0.5) is 9.59 Å². The van der Waals surface area contributed by atoms with Crippen LogP contribution in [0.25, 0.3) is 10.8 Å². The van der Waals surface area contributed by atoms with E-state index >= 15 is 0 Å². The fourth-order valence-corrected chi connectivity index (χ4v) is 4.33. The number of carbonyl (C=O) groups excluding carboxylic acids is 2. The van der Waals surface area contributed by atoms with Gasteiger partial charge < -0.3 is 19.6 Å². The van der Waals surface area contributed by atoms with Gasteiger partial charge in [-0.3, -0.25) is 0 Å². The second-order valence-corrected chi connectivity index (χ2v) is 10.8. The molecule has 0 saturated carbocycles. The van der Waals surface area contributed by atoms with Gasteiger partial charge in [0.15, 0.2) is 0 Å². The van der Waals surface area contributed by atoms with Crippen molar-refractivity contribution in [2.45, 2.75) is 78.2 Å². The van der Waals surface area contributed by atoms with Gasteiger partial charge in [0.05, 0.1) is 6.54 Å². The lowest BCUT2D eigenvalue weighted by atomic mass is 9.97. The first-order valence-corrected chi connectivity index (χ1v) is 11.5. The second kappa shape index (κ2) is 8.95. The number of rotatable bonds is 3. The van der Waals surface area contributed by atoms with Gasteiger partial charge in [0, 0.05) is 18.5 Å². The Labute approximate surface area is 196 Å². The van der Waals surface area contributed by atoms with Crippen molar-refractivity contribution in [3.8, 4) is 0 Å². The Morgan fingerprint density at radius 2 is 1.61 bits per heavy atom. The zero-order valence-electron chi connectivity index (χ0n) is 20.8. The molecule has 0 radical (unpaired) electrons. The van der Waals surface area contributed by atoms with Gasteiger partial charge in [-0.05, 0) is 59.2 Å². The molecule has 0 spiro atoms. The number of carbonyl (C=O) groups is 2. The first kappa shape index (κ1) is 25.0. The summed E-state index contributed by atoms with van der Waals surface area (Å²) < 4.78 is 9.93. The standard InChI is InChI=1S/C26H36N2O5/c1-18(21-14-10-12-19-11-8-9-13-22(19)21)28(31,24(30)33-26(5,6)7)20-15-16-27(17-20)23(29)32-25(2,3)4/h8-14,18,20H,15-17H2,1-7H3/t18-,20-,28?/m1/s1. The molecule has 7 heteroatoms. The van der Waals surface area contributed by atoms with Crippen molar-refractivity contribution >= 4 is 23.0 Å². The summed E-state index contributed by atoms with van der Waals surface area (Å²) in [5.74, 6) is 0. The molecule has 180 valence electrons. The molecule has 3 atom stereocenters. The molecule has 3 rings (SSSR count). The van der Waals surface area contributed by atoms with Crippen molar-refractivity contribution in [2.24, 2.45) is 0 Å². The van der Waals surface area contributed by atoms with Crippen molar-refractivity contribution in [3.05, 3.63) is 53.2 Å². The highest BCUT2D eigenvalue weighted by molar-refractivity contribution is 5.86. The Balaban J connectivity index is 1.99. The summed E-state index contributed by atoms with van der Waals surface area (Å²) in [6, 6.07) is 12.2. The average Bonchev–Trinajstić information content (AvgIpc) is 3.20. The third-order valence-electron chi connectivity index (χ3n) is 5.89. The zero-order chi connectivity index (χ0) is 24.6. The zero-order valence-corrected chi connectivity index (χ0v) is 20.8. The molecule has 1 aliphatic rings. The number of benzene rings is 2. The van der Waals surface area contributed by atoms with E-state index in [9.17, 15) is 14.8 Å². The van der Waals surface area contributed by atoms with Crippen molar-refractivity contribution in [1.29, 1.82) is 0 Å². The largest absolute Gasteiger partial charge is 0.622 e. The van der Waals surface area contributed by atoms with E-state index in [1.165, 1.54) is 4.90 Å². The molecule has 2 amide bonds. The maximum Gasteiger partial charge on any atom is 0.517 e. The van der Waals surface area contributed by atoms with Gasteiger partial charge in [-0.15, -0.1) is 0 Å². The van der Waals surface area contributed by atoms with E-state index in [0.717, 1.165) is 16.3 Å². The van der Waals surface area contributed by atoms with Crippen LogP contribution < -0.4 is 0 Å². The van der Waals surface area contributed by atoms with Crippen LogP contribution in [0.15, 0.2) is 42.5 Å². The molecule has 33 heavy (non-hydrogen) atoms. The summed E-state index contributed by atoms with van der Waals surface area (Å²) in [5.41, 5.74) is -0.669. The Morgan fingerprint density at radius 3 is 2.24 bits per heavy atom. The molecule has 0 aromatic heterocycles. The van der Waals surface area contributed by atoms with Gasteiger partial charge in [0.1, 0.15) is 23.3 Å². The van der Waals surface area contributed by atoms with Crippen molar-refractivity contribution in [2.75, 3.05) is 13.1 Å². The molecule has 1 saturated heterocycles. The Kier molecular flexibility index (Phi) is 6.78. The topological polar surface area (TPSA) is 78.9 Å². The van der Waals surface area contributed by atoms with E-state index in [2.05, 4.69) is 0 Å². The highest BCUT2D eigenvalue weighted by atomic mass is 16.7. The van der Waals surface area contributed by atoms with Gasteiger partial charge in [0.2, 0.25) is 0 Å². The highest BCUT2D eigenvalue weighted by Gasteiger charge is 2.49. The van der Waals surface area contributed by atoms with Crippen LogP contribution in [0.1, 0.15) is 66.5 Å². The second-order valence-electron chi connectivity index (χ2n) is 10.8. The van der Waals surface area contributed by atoms with E-state index in [4.69, 9.17) is 9.47 Å². The average molecular weight is 457 g/mol. The van der Waals surface area contributed by atoms with Crippen LogP contribution in [0.2, 0.25) is 0 Å². The lowest BCUT2D eigenvalue weighted by molar-refractivity contribution is -0.862. The molecule has 1 aliphatic heterocycles. The minimum Gasteiger partial charge on any atom is -0.622 e. The van der Waals surface area contributed by atoms with Gasteiger partial charge in [-0.2, -0.15) is 4.79 Å². The number of hydroxylamine groups is 3. The predicted octanol–water partition coefficient (Wildman–Crippen LogP) is 6.16. The van der Waals surface area contributed by atoms with E-state index in [1.54, 1.807) is 48.5 Å². The molecule has 1 unspecified atom stereocenters. The van der Waals surface area contributed by atoms with Crippen LogP contribution in [-0.2, 0) is 9.47 Å². The van der Waals surface area contributed by atoms with Crippen LogP contribution >= 0.6 is 0 Å². The maximum absolute atomic E-state index is 14.6. The van der Waals surface area contributed by atoms with Crippen LogP contribution in [0.3, 0.4) is 0 Å². The van der Waals surface area contributed by atoms with Crippen molar-refractivity contribution in [3.63, 3.8) is 0 Å². The third-order valence-corrected chi connectivity index (χ3v) is 5.89. The smallest absolute Gasteiger partial charge is 0.517 e. The first-order chi connectivity index (χ1) is 15.2. The Morgan fingerprint density at radius 1 is 1.00 bits per heavy atom.